The molecule has 2 aromatic heterocycles. The molecule has 0 unspecified atom stereocenters. The van der Waals surface area contributed by atoms with Crippen molar-refractivity contribution in [2.75, 3.05) is 19.6 Å². The van der Waals surface area contributed by atoms with Crippen LogP contribution in [-0.2, 0) is 11.2 Å². The van der Waals surface area contributed by atoms with Gasteiger partial charge in [0.15, 0.2) is 0 Å². The van der Waals surface area contributed by atoms with Crippen LogP contribution in [0.25, 0.3) is 6.08 Å². The molecule has 1 saturated heterocycles. The molecule has 0 bridgehead atoms. The highest BCUT2D eigenvalue weighted by atomic mass is 16.2. The maximum atomic E-state index is 12.5. The number of H-pyrrole nitrogens is 1. The molecule has 4 heterocycles. The fourth-order valence-electron chi connectivity index (χ4n) is 4.86. The van der Waals surface area contributed by atoms with Crippen molar-refractivity contribution in [2.45, 2.75) is 57.8 Å². The number of rotatable bonds is 8. The number of amides is 1. The molecule has 1 aliphatic carbocycles. The van der Waals surface area contributed by atoms with Gasteiger partial charge < -0.3 is 9.88 Å². The average molecular weight is 419 g/mol. The summed E-state index contributed by atoms with van der Waals surface area (Å²) in [5.74, 6) is 0.411. The van der Waals surface area contributed by atoms with Gasteiger partial charge in [-0.3, -0.25) is 4.79 Å². The number of aromatic amines is 1. The monoisotopic (exact) mass is 418 g/mol. The smallest absolute Gasteiger partial charge is 0.273 e. The Morgan fingerprint density at radius 1 is 1.23 bits per heavy atom. The van der Waals surface area contributed by atoms with E-state index in [1.165, 1.54) is 75.0 Å². The van der Waals surface area contributed by atoms with Crippen molar-refractivity contribution < 1.29 is 4.79 Å². The maximum absolute atomic E-state index is 12.5. The van der Waals surface area contributed by atoms with E-state index in [0.29, 0.717) is 22.9 Å². The van der Waals surface area contributed by atoms with Crippen molar-refractivity contribution in [3.05, 3.63) is 52.1 Å². The van der Waals surface area contributed by atoms with Gasteiger partial charge in [-0.1, -0.05) is 0 Å². The molecule has 0 atom stereocenters. The lowest BCUT2D eigenvalue weighted by atomic mass is 9.97. The first-order valence-corrected chi connectivity index (χ1v) is 11.5. The van der Waals surface area contributed by atoms with Crippen molar-refractivity contribution in [1.82, 2.24) is 25.5 Å². The van der Waals surface area contributed by atoms with E-state index >= 15 is 0 Å². The summed E-state index contributed by atoms with van der Waals surface area (Å²) in [5.41, 5.74) is 9.43. The van der Waals surface area contributed by atoms with Gasteiger partial charge in [0.1, 0.15) is 11.4 Å². The summed E-state index contributed by atoms with van der Waals surface area (Å²) in [6.45, 7) is 5.92. The first kappa shape index (κ1) is 20.1. The molecule has 31 heavy (non-hydrogen) atoms. The third-order valence-corrected chi connectivity index (χ3v) is 6.60. The number of hydrogen-bond acceptors (Lipinski definition) is 5. The molecular weight excluding hydrogens is 388 g/mol. The molecule has 0 spiro atoms. The topological polar surface area (TPSA) is 86.3 Å². The quantitative estimate of drug-likeness (QED) is 0.509. The number of carbonyl (C=O) groups is 1. The zero-order chi connectivity index (χ0) is 21.2. The van der Waals surface area contributed by atoms with E-state index in [1.807, 2.05) is 12.1 Å². The Bertz CT molecular complexity index is 1010. The van der Waals surface area contributed by atoms with Gasteiger partial charge in [0.2, 0.25) is 0 Å². The van der Waals surface area contributed by atoms with E-state index in [2.05, 4.69) is 37.5 Å². The molecule has 2 aromatic rings. The molecule has 2 aliphatic heterocycles. The fraction of sp³-hybridized carbons (Fsp3) is 0.500. The zero-order valence-electron chi connectivity index (χ0n) is 18.2. The lowest BCUT2D eigenvalue weighted by Crippen LogP contribution is -2.20. The number of unbranched alkanes of at least 4 members (excludes halogenated alkanes) is 1. The Kier molecular flexibility index (Phi) is 5.68. The van der Waals surface area contributed by atoms with Crippen molar-refractivity contribution in [1.29, 1.82) is 0 Å². The second kappa shape index (κ2) is 8.75. The van der Waals surface area contributed by atoms with Crippen LogP contribution in [0.15, 0.2) is 29.0 Å². The number of carbonyl (C=O) groups excluding carboxylic acids is 1. The summed E-state index contributed by atoms with van der Waals surface area (Å²) in [6.07, 6.45) is 12.3. The normalized spacial score (nSPS) is 20.5. The second-order valence-electron chi connectivity index (χ2n) is 8.90. The van der Waals surface area contributed by atoms with Crippen LogP contribution in [0.2, 0.25) is 0 Å². The third kappa shape index (κ3) is 4.32. The summed E-state index contributed by atoms with van der Waals surface area (Å²) in [5, 5.41) is 12.3. The average Bonchev–Trinajstić information content (AvgIpc) is 3.21. The summed E-state index contributed by atoms with van der Waals surface area (Å²) in [6, 6.07) is 3.63. The molecule has 5 rings (SSSR count). The Balaban J connectivity index is 1.37. The number of nitrogens with zero attached hydrogens (tertiary/aromatic N) is 4. The SMILES string of the molecule is Cc1[nH]c(C=C2C(=O)NN=C2c2cccnn2)c(C2CC2)c1CCCCN1CCCC1. The Morgan fingerprint density at radius 3 is 2.81 bits per heavy atom. The van der Waals surface area contributed by atoms with Crippen LogP contribution in [0.3, 0.4) is 0 Å². The van der Waals surface area contributed by atoms with E-state index < -0.39 is 0 Å². The predicted molar refractivity (Wildman–Crippen MR) is 121 cm³/mol. The number of hydrazone groups is 1. The first-order valence-electron chi connectivity index (χ1n) is 11.5. The van der Waals surface area contributed by atoms with Crippen LogP contribution in [0.1, 0.15) is 72.7 Å². The van der Waals surface area contributed by atoms with Crippen LogP contribution >= 0.6 is 0 Å². The molecular formula is C24H30N6O. The van der Waals surface area contributed by atoms with Crippen molar-refractivity contribution in [3.63, 3.8) is 0 Å². The third-order valence-electron chi connectivity index (χ3n) is 6.60. The van der Waals surface area contributed by atoms with Gasteiger partial charge in [0.05, 0.1) is 5.57 Å². The summed E-state index contributed by atoms with van der Waals surface area (Å²) in [7, 11) is 0. The van der Waals surface area contributed by atoms with Crippen molar-refractivity contribution in [3.8, 4) is 0 Å². The second-order valence-corrected chi connectivity index (χ2v) is 8.90. The molecule has 2 fully saturated rings. The first-order chi connectivity index (χ1) is 15.2. The van der Waals surface area contributed by atoms with E-state index in [4.69, 9.17) is 0 Å². The van der Waals surface area contributed by atoms with Crippen LogP contribution < -0.4 is 5.43 Å². The Labute approximate surface area is 183 Å². The van der Waals surface area contributed by atoms with Gasteiger partial charge in [-0.2, -0.15) is 10.2 Å². The van der Waals surface area contributed by atoms with Gasteiger partial charge in [0.25, 0.3) is 5.91 Å². The predicted octanol–water partition coefficient (Wildman–Crippen LogP) is 3.33. The highest BCUT2D eigenvalue weighted by Gasteiger charge is 2.32. The minimum Gasteiger partial charge on any atom is -0.359 e. The van der Waals surface area contributed by atoms with E-state index in [0.717, 1.165) is 12.1 Å². The summed E-state index contributed by atoms with van der Waals surface area (Å²) >= 11 is 0. The molecule has 1 saturated carbocycles. The Morgan fingerprint density at radius 2 is 2.06 bits per heavy atom. The molecule has 162 valence electrons. The molecule has 0 aromatic carbocycles. The zero-order valence-corrected chi connectivity index (χ0v) is 18.2. The van der Waals surface area contributed by atoms with Gasteiger partial charge in [-0.25, -0.2) is 5.43 Å². The highest BCUT2D eigenvalue weighted by Crippen LogP contribution is 2.45. The maximum Gasteiger partial charge on any atom is 0.273 e. The molecule has 3 aliphatic rings. The fourth-order valence-corrected chi connectivity index (χ4v) is 4.86. The number of aromatic nitrogens is 3. The molecule has 7 nitrogen and oxygen atoms in total. The lowest BCUT2D eigenvalue weighted by Gasteiger charge is -2.14. The van der Waals surface area contributed by atoms with E-state index in [-0.39, 0.29) is 5.91 Å². The molecule has 7 heteroatoms. The van der Waals surface area contributed by atoms with Gasteiger partial charge in [-0.05, 0) is 107 Å². The number of nitrogens with one attached hydrogen (secondary N) is 2. The molecule has 0 radical (unpaired) electrons. The van der Waals surface area contributed by atoms with Crippen molar-refractivity contribution in [2.24, 2.45) is 5.10 Å². The van der Waals surface area contributed by atoms with E-state index in [9.17, 15) is 4.79 Å². The van der Waals surface area contributed by atoms with Crippen LogP contribution in [0, 0.1) is 6.92 Å². The lowest BCUT2D eigenvalue weighted by molar-refractivity contribution is -0.116. The van der Waals surface area contributed by atoms with Gasteiger partial charge in [0, 0.05) is 17.6 Å². The van der Waals surface area contributed by atoms with Gasteiger partial charge in [-0.15, -0.1) is 5.10 Å². The minimum atomic E-state index is -0.193. The molecule has 1 amide bonds. The van der Waals surface area contributed by atoms with Crippen LogP contribution in [0.4, 0.5) is 0 Å². The number of likely N-dealkylation sites (tertiary alicyclic amines) is 1. The van der Waals surface area contributed by atoms with Crippen molar-refractivity contribution >= 4 is 17.7 Å². The summed E-state index contributed by atoms with van der Waals surface area (Å²) in [4.78, 5) is 18.7. The number of hydrogen-bond donors (Lipinski definition) is 2. The largest absolute Gasteiger partial charge is 0.359 e. The standard InChI is InChI=1S/C24H30N6O/c1-16-18(7-2-3-12-30-13-4-5-14-30)22(17-9-10-17)21(26-16)15-19-23(28-29-24(19)31)20-8-6-11-25-27-20/h6,8,11,15,17,26H,2-5,7,9-10,12-14H2,1H3,(H,29,31). The van der Waals surface area contributed by atoms with E-state index in [1.54, 1.807) is 12.3 Å². The minimum absolute atomic E-state index is 0.193. The summed E-state index contributed by atoms with van der Waals surface area (Å²) < 4.78 is 0. The number of aryl methyl sites for hydroxylation is 1. The van der Waals surface area contributed by atoms with Crippen LogP contribution in [0.5, 0.6) is 0 Å². The van der Waals surface area contributed by atoms with Gasteiger partial charge >= 0.3 is 0 Å². The van der Waals surface area contributed by atoms with Crippen LogP contribution in [-0.4, -0.2) is 51.3 Å². The highest BCUT2D eigenvalue weighted by molar-refractivity contribution is 6.32. The molecule has 2 N–H and O–H groups in total. The Hall–Kier alpha value is -2.80.